The first-order valence-electron chi connectivity index (χ1n) is 7.79. The average Bonchev–Trinajstić information content (AvgIpc) is 2.48. The van der Waals surface area contributed by atoms with Crippen LogP contribution >= 0.6 is 0 Å². The number of nitro groups is 1. The van der Waals surface area contributed by atoms with E-state index in [2.05, 4.69) is 0 Å². The van der Waals surface area contributed by atoms with E-state index >= 15 is 0 Å². The smallest absolute Gasteiger partial charge is 0.327 e. The summed E-state index contributed by atoms with van der Waals surface area (Å²) in [6.45, 7) is 1.59. The van der Waals surface area contributed by atoms with Crippen LogP contribution in [0.3, 0.4) is 0 Å². The standard InChI is InChI=1S/C16H21FN2O2/c17-13-5-4-6-14(15(13)19(20)21)18-11-9-16(10-12-18)7-2-1-3-8-16/h4-6H,1-3,7-12H2. The van der Waals surface area contributed by atoms with Crippen LogP contribution in [0, 0.1) is 21.3 Å². The Morgan fingerprint density at radius 3 is 2.38 bits per heavy atom. The topological polar surface area (TPSA) is 46.4 Å². The van der Waals surface area contributed by atoms with Gasteiger partial charge in [0.2, 0.25) is 5.82 Å². The van der Waals surface area contributed by atoms with Gasteiger partial charge >= 0.3 is 5.69 Å². The summed E-state index contributed by atoms with van der Waals surface area (Å²) in [5, 5.41) is 11.1. The summed E-state index contributed by atoms with van der Waals surface area (Å²) in [7, 11) is 0. The summed E-state index contributed by atoms with van der Waals surface area (Å²) in [6.07, 6.45) is 8.65. The zero-order valence-corrected chi connectivity index (χ0v) is 12.2. The van der Waals surface area contributed by atoms with Crippen LogP contribution in [-0.4, -0.2) is 18.0 Å². The zero-order valence-electron chi connectivity index (χ0n) is 12.2. The summed E-state index contributed by atoms with van der Waals surface area (Å²) in [6, 6.07) is 4.39. The van der Waals surface area contributed by atoms with Gasteiger partial charge in [-0.2, -0.15) is 4.39 Å². The van der Waals surface area contributed by atoms with Crippen LogP contribution in [0.25, 0.3) is 0 Å². The number of nitro benzene ring substituents is 1. The van der Waals surface area contributed by atoms with E-state index in [0.717, 1.165) is 32.0 Å². The number of halogens is 1. The van der Waals surface area contributed by atoms with Crippen molar-refractivity contribution in [1.82, 2.24) is 0 Å². The quantitative estimate of drug-likeness (QED) is 0.603. The Morgan fingerprint density at radius 1 is 1.10 bits per heavy atom. The molecule has 2 fully saturated rings. The van der Waals surface area contributed by atoms with Crippen LogP contribution in [0.1, 0.15) is 44.9 Å². The fourth-order valence-corrected chi connectivity index (χ4v) is 3.96. The highest BCUT2D eigenvalue weighted by Gasteiger charge is 2.37. The van der Waals surface area contributed by atoms with Crippen molar-refractivity contribution < 1.29 is 9.31 Å². The van der Waals surface area contributed by atoms with E-state index in [1.807, 2.05) is 4.90 Å². The van der Waals surface area contributed by atoms with Gasteiger partial charge in [-0.05, 0) is 43.2 Å². The number of hydrogen-bond donors (Lipinski definition) is 0. The minimum atomic E-state index is -0.740. The van der Waals surface area contributed by atoms with Crippen LogP contribution in [-0.2, 0) is 0 Å². The van der Waals surface area contributed by atoms with Crippen LogP contribution in [0.2, 0.25) is 0 Å². The molecule has 1 aromatic carbocycles. The summed E-state index contributed by atoms with van der Waals surface area (Å²) >= 11 is 0. The average molecular weight is 292 g/mol. The molecule has 3 rings (SSSR count). The van der Waals surface area contributed by atoms with Crippen molar-refractivity contribution in [2.24, 2.45) is 5.41 Å². The normalized spacial score (nSPS) is 21.5. The molecule has 1 saturated heterocycles. The third-order valence-electron chi connectivity index (χ3n) is 5.23. The Bertz CT molecular complexity index is 531. The summed E-state index contributed by atoms with van der Waals surface area (Å²) in [5.41, 5.74) is 0.499. The monoisotopic (exact) mass is 292 g/mol. The van der Waals surface area contributed by atoms with E-state index in [1.165, 1.54) is 32.1 Å². The molecule has 1 spiro atoms. The van der Waals surface area contributed by atoms with Crippen molar-refractivity contribution in [3.8, 4) is 0 Å². The maximum Gasteiger partial charge on any atom is 0.327 e. The highest BCUT2D eigenvalue weighted by atomic mass is 19.1. The highest BCUT2D eigenvalue weighted by molar-refractivity contribution is 5.64. The Hall–Kier alpha value is -1.65. The minimum Gasteiger partial charge on any atom is -0.366 e. The first-order valence-corrected chi connectivity index (χ1v) is 7.79. The molecule has 1 aliphatic carbocycles. The molecule has 4 nitrogen and oxygen atoms in total. The molecule has 0 aromatic heterocycles. The van der Waals surface area contributed by atoms with Gasteiger partial charge in [0.1, 0.15) is 5.69 Å². The molecule has 1 saturated carbocycles. The van der Waals surface area contributed by atoms with E-state index in [1.54, 1.807) is 12.1 Å². The second-order valence-electron chi connectivity index (χ2n) is 6.41. The van der Waals surface area contributed by atoms with Gasteiger partial charge in [-0.25, -0.2) is 0 Å². The van der Waals surface area contributed by atoms with Gasteiger partial charge in [-0.15, -0.1) is 0 Å². The Balaban J connectivity index is 1.78. The van der Waals surface area contributed by atoms with E-state index in [0.29, 0.717) is 11.1 Å². The Kier molecular flexibility index (Phi) is 3.83. The van der Waals surface area contributed by atoms with Crippen molar-refractivity contribution in [2.45, 2.75) is 44.9 Å². The lowest BCUT2D eigenvalue weighted by molar-refractivity contribution is -0.386. The SMILES string of the molecule is O=[N+]([O-])c1c(F)cccc1N1CCC2(CCCCC2)CC1. The molecule has 0 unspecified atom stereocenters. The second kappa shape index (κ2) is 5.62. The molecular formula is C16H21FN2O2. The molecule has 114 valence electrons. The van der Waals surface area contributed by atoms with Crippen molar-refractivity contribution in [3.63, 3.8) is 0 Å². The number of nitrogens with zero attached hydrogens (tertiary/aromatic N) is 2. The van der Waals surface area contributed by atoms with Crippen LogP contribution in [0.4, 0.5) is 15.8 Å². The predicted octanol–water partition coefficient (Wildman–Crippen LogP) is 4.28. The lowest BCUT2D eigenvalue weighted by atomic mass is 9.68. The Morgan fingerprint density at radius 2 is 1.76 bits per heavy atom. The molecule has 0 radical (unpaired) electrons. The molecule has 5 heteroatoms. The molecule has 1 aliphatic heterocycles. The van der Waals surface area contributed by atoms with Crippen molar-refractivity contribution in [2.75, 3.05) is 18.0 Å². The predicted molar refractivity (Wildman–Crippen MR) is 80.0 cm³/mol. The van der Waals surface area contributed by atoms with Gasteiger partial charge < -0.3 is 4.90 Å². The molecule has 0 amide bonds. The van der Waals surface area contributed by atoms with Gasteiger partial charge in [0, 0.05) is 13.1 Å². The minimum absolute atomic E-state index is 0.378. The summed E-state index contributed by atoms with van der Waals surface area (Å²) in [4.78, 5) is 12.5. The maximum atomic E-state index is 13.7. The van der Waals surface area contributed by atoms with Crippen LogP contribution in [0.5, 0.6) is 0 Å². The van der Waals surface area contributed by atoms with E-state index in [9.17, 15) is 14.5 Å². The number of benzene rings is 1. The number of para-hydroxylation sites is 1. The number of rotatable bonds is 2. The summed E-state index contributed by atoms with van der Waals surface area (Å²) in [5.74, 6) is -0.740. The van der Waals surface area contributed by atoms with Crippen LogP contribution < -0.4 is 4.90 Å². The third-order valence-corrected chi connectivity index (χ3v) is 5.23. The molecule has 1 aromatic rings. The fourth-order valence-electron chi connectivity index (χ4n) is 3.96. The first-order chi connectivity index (χ1) is 10.1. The molecule has 21 heavy (non-hydrogen) atoms. The van der Waals surface area contributed by atoms with E-state index in [4.69, 9.17) is 0 Å². The lowest BCUT2D eigenvalue weighted by Crippen LogP contribution is -2.41. The third kappa shape index (κ3) is 2.74. The van der Waals surface area contributed by atoms with Crippen molar-refractivity contribution >= 4 is 11.4 Å². The lowest BCUT2D eigenvalue weighted by Gasteiger charge is -2.44. The van der Waals surface area contributed by atoms with Gasteiger partial charge in [0.25, 0.3) is 0 Å². The number of anilines is 1. The van der Waals surface area contributed by atoms with Gasteiger partial charge in [0.05, 0.1) is 4.92 Å². The molecule has 0 N–H and O–H groups in total. The summed E-state index contributed by atoms with van der Waals surface area (Å²) < 4.78 is 13.7. The van der Waals surface area contributed by atoms with Crippen LogP contribution in [0.15, 0.2) is 18.2 Å². The molecule has 1 heterocycles. The van der Waals surface area contributed by atoms with Gasteiger partial charge in [0.15, 0.2) is 0 Å². The molecule has 0 atom stereocenters. The van der Waals surface area contributed by atoms with Gasteiger partial charge in [-0.1, -0.05) is 25.3 Å². The zero-order chi connectivity index (χ0) is 14.9. The van der Waals surface area contributed by atoms with Gasteiger partial charge in [-0.3, -0.25) is 10.1 Å². The molecule has 2 aliphatic rings. The molecular weight excluding hydrogens is 271 g/mol. The largest absolute Gasteiger partial charge is 0.366 e. The maximum absolute atomic E-state index is 13.7. The van der Waals surface area contributed by atoms with E-state index in [-0.39, 0.29) is 5.69 Å². The van der Waals surface area contributed by atoms with Crippen molar-refractivity contribution in [3.05, 3.63) is 34.1 Å². The van der Waals surface area contributed by atoms with E-state index < -0.39 is 10.7 Å². The first kappa shape index (κ1) is 14.3. The fraction of sp³-hybridized carbons (Fsp3) is 0.625. The Labute approximate surface area is 124 Å². The second-order valence-corrected chi connectivity index (χ2v) is 6.41. The highest BCUT2D eigenvalue weighted by Crippen LogP contribution is 2.46. The number of hydrogen-bond acceptors (Lipinski definition) is 3. The number of piperidine rings is 1. The van der Waals surface area contributed by atoms with Crippen molar-refractivity contribution in [1.29, 1.82) is 0 Å². The molecule has 0 bridgehead atoms.